The van der Waals surface area contributed by atoms with Crippen LogP contribution in [0, 0.1) is 17.1 Å². The summed E-state index contributed by atoms with van der Waals surface area (Å²) in [5.74, 6) is -0.362. The summed E-state index contributed by atoms with van der Waals surface area (Å²) in [6.45, 7) is 0. The predicted molar refractivity (Wildman–Crippen MR) is 42.9 cm³/mol. The zero-order valence-corrected chi connectivity index (χ0v) is 6.78. The molecule has 0 bridgehead atoms. The first-order chi connectivity index (χ1) is 5.27. The van der Waals surface area contributed by atoms with Crippen LogP contribution in [0.15, 0.2) is 23.1 Å². The Bertz CT molecular complexity index is 303. The zero-order chi connectivity index (χ0) is 8.27. The third-order valence-electron chi connectivity index (χ3n) is 1.28. The predicted octanol–water partition coefficient (Wildman–Crippen LogP) is 2.42. The van der Waals surface area contributed by atoms with Crippen LogP contribution < -0.4 is 0 Å². The third-order valence-corrected chi connectivity index (χ3v) is 2.08. The summed E-state index contributed by atoms with van der Waals surface area (Å²) >= 11 is 1.44. The molecule has 0 heterocycles. The van der Waals surface area contributed by atoms with Gasteiger partial charge in [-0.05, 0) is 24.5 Å². The monoisotopic (exact) mass is 167 g/mol. The van der Waals surface area contributed by atoms with Crippen molar-refractivity contribution >= 4 is 11.8 Å². The van der Waals surface area contributed by atoms with Crippen LogP contribution in [0.3, 0.4) is 0 Å². The highest BCUT2D eigenvalue weighted by atomic mass is 32.2. The number of rotatable bonds is 1. The molecule has 3 heteroatoms. The molecule has 0 atom stereocenters. The maximum Gasteiger partial charge on any atom is 0.124 e. The van der Waals surface area contributed by atoms with Gasteiger partial charge < -0.3 is 0 Å². The lowest BCUT2D eigenvalue weighted by Gasteiger charge is -1.97. The summed E-state index contributed by atoms with van der Waals surface area (Å²) in [4.78, 5) is 0.814. The summed E-state index contributed by atoms with van der Waals surface area (Å²) in [6.07, 6.45) is 1.86. The maximum atomic E-state index is 12.5. The van der Waals surface area contributed by atoms with Gasteiger partial charge in [-0.25, -0.2) is 4.39 Å². The summed E-state index contributed by atoms with van der Waals surface area (Å²) < 4.78 is 12.5. The standard InChI is InChI=1S/C8H6FNS/c1-11-8-3-2-7(9)4-6(8)5-10/h2-4H,1H3. The van der Waals surface area contributed by atoms with Gasteiger partial charge in [0.2, 0.25) is 0 Å². The Kier molecular flexibility index (Phi) is 2.50. The molecule has 0 saturated heterocycles. The Labute approximate surface area is 68.8 Å². The van der Waals surface area contributed by atoms with Crippen molar-refractivity contribution in [1.82, 2.24) is 0 Å². The van der Waals surface area contributed by atoms with Crippen LogP contribution in [0.25, 0.3) is 0 Å². The summed E-state index contributed by atoms with van der Waals surface area (Å²) in [7, 11) is 0. The SMILES string of the molecule is CSc1ccc(F)cc1C#N. The molecule has 0 radical (unpaired) electrons. The molecule has 0 aliphatic heterocycles. The zero-order valence-electron chi connectivity index (χ0n) is 5.97. The Hall–Kier alpha value is -1.01. The minimum Gasteiger partial charge on any atom is -0.207 e. The van der Waals surface area contributed by atoms with Gasteiger partial charge in [0.05, 0.1) is 5.56 Å². The van der Waals surface area contributed by atoms with Crippen molar-refractivity contribution in [3.63, 3.8) is 0 Å². The van der Waals surface area contributed by atoms with E-state index in [4.69, 9.17) is 5.26 Å². The summed E-state index contributed by atoms with van der Waals surface area (Å²) in [5.41, 5.74) is 0.400. The van der Waals surface area contributed by atoms with Crippen molar-refractivity contribution in [3.05, 3.63) is 29.6 Å². The average molecular weight is 167 g/mol. The van der Waals surface area contributed by atoms with Gasteiger partial charge in [-0.3, -0.25) is 0 Å². The molecule has 56 valence electrons. The van der Waals surface area contributed by atoms with Gasteiger partial charge in [-0.2, -0.15) is 5.26 Å². The lowest BCUT2D eigenvalue weighted by Crippen LogP contribution is -1.81. The van der Waals surface area contributed by atoms with Crippen molar-refractivity contribution < 1.29 is 4.39 Å². The van der Waals surface area contributed by atoms with Gasteiger partial charge in [-0.15, -0.1) is 11.8 Å². The molecular formula is C8H6FNS. The van der Waals surface area contributed by atoms with Gasteiger partial charge in [-0.1, -0.05) is 0 Å². The first kappa shape index (κ1) is 8.09. The van der Waals surface area contributed by atoms with E-state index in [9.17, 15) is 4.39 Å². The highest BCUT2D eigenvalue weighted by Crippen LogP contribution is 2.19. The normalized spacial score (nSPS) is 9.18. The second-order valence-corrected chi connectivity index (χ2v) is 2.80. The van der Waals surface area contributed by atoms with Crippen LogP contribution in [-0.4, -0.2) is 6.26 Å². The molecule has 1 nitrogen and oxygen atoms in total. The molecule has 1 aromatic carbocycles. The molecule has 0 unspecified atom stereocenters. The van der Waals surface area contributed by atoms with Gasteiger partial charge >= 0.3 is 0 Å². The Morgan fingerprint density at radius 2 is 2.27 bits per heavy atom. The third kappa shape index (κ3) is 1.72. The van der Waals surface area contributed by atoms with Gasteiger partial charge in [0.1, 0.15) is 11.9 Å². The van der Waals surface area contributed by atoms with Crippen LogP contribution in [-0.2, 0) is 0 Å². The van der Waals surface area contributed by atoms with Crippen LogP contribution in [0.1, 0.15) is 5.56 Å². The lowest BCUT2D eigenvalue weighted by atomic mass is 10.2. The fourth-order valence-corrected chi connectivity index (χ4v) is 1.30. The van der Waals surface area contributed by atoms with Crippen molar-refractivity contribution in [2.45, 2.75) is 4.90 Å². The maximum absolute atomic E-state index is 12.5. The van der Waals surface area contributed by atoms with Gasteiger partial charge in [0.15, 0.2) is 0 Å². The van der Waals surface area contributed by atoms with E-state index in [1.807, 2.05) is 12.3 Å². The minimum atomic E-state index is -0.362. The van der Waals surface area contributed by atoms with Gasteiger partial charge in [0, 0.05) is 4.90 Å². The molecule has 0 spiro atoms. The van der Waals surface area contributed by atoms with Crippen molar-refractivity contribution in [2.24, 2.45) is 0 Å². The van der Waals surface area contributed by atoms with E-state index in [2.05, 4.69) is 0 Å². The number of hydrogen-bond donors (Lipinski definition) is 0. The average Bonchev–Trinajstić information content (AvgIpc) is 2.04. The first-order valence-electron chi connectivity index (χ1n) is 3.01. The van der Waals surface area contributed by atoms with Crippen molar-refractivity contribution in [1.29, 1.82) is 5.26 Å². The van der Waals surface area contributed by atoms with E-state index >= 15 is 0 Å². The van der Waals surface area contributed by atoms with E-state index in [1.165, 1.54) is 23.9 Å². The van der Waals surface area contributed by atoms with Crippen molar-refractivity contribution in [3.8, 4) is 6.07 Å². The number of nitrogens with zero attached hydrogens (tertiary/aromatic N) is 1. The smallest absolute Gasteiger partial charge is 0.124 e. The largest absolute Gasteiger partial charge is 0.207 e. The number of halogens is 1. The molecule has 1 aromatic rings. The van der Waals surface area contributed by atoms with Crippen LogP contribution in [0.2, 0.25) is 0 Å². The molecule has 0 saturated carbocycles. The van der Waals surface area contributed by atoms with E-state index in [1.54, 1.807) is 6.07 Å². The Morgan fingerprint density at radius 3 is 2.82 bits per heavy atom. The molecule has 0 N–H and O–H groups in total. The molecule has 0 amide bonds. The Balaban J connectivity index is 3.19. The number of benzene rings is 1. The minimum absolute atomic E-state index is 0.362. The van der Waals surface area contributed by atoms with Gasteiger partial charge in [0.25, 0.3) is 0 Å². The second-order valence-electron chi connectivity index (χ2n) is 1.96. The second kappa shape index (κ2) is 3.40. The molecule has 11 heavy (non-hydrogen) atoms. The summed E-state index contributed by atoms with van der Waals surface area (Å²) in [5, 5.41) is 8.54. The van der Waals surface area contributed by atoms with Crippen LogP contribution >= 0.6 is 11.8 Å². The highest BCUT2D eigenvalue weighted by Gasteiger charge is 2.00. The lowest BCUT2D eigenvalue weighted by molar-refractivity contribution is 0.626. The topological polar surface area (TPSA) is 23.8 Å². The molecule has 0 aromatic heterocycles. The van der Waals surface area contributed by atoms with Crippen molar-refractivity contribution in [2.75, 3.05) is 6.26 Å². The van der Waals surface area contributed by atoms with Crippen LogP contribution in [0.4, 0.5) is 4.39 Å². The Morgan fingerprint density at radius 1 is 1.55 bits per heavy atom. The quantitative estimate of drug-likeness (QED) is 0.600. The molecule has 0 aliphatic rings. The summed E-state index contributed by atoms with van der Waals surface area (Å²) in [6, 6.07) is 6.13. The number of nitriles is 1. The highest BCUT2D eigenvalue weighted by molar-refractivity contribution is 7.98. The fraction of sp³-hybridized carbons (Fsp3) is 0.125. The van der Waals surface area contributed by atoms with E-state index in [-0.39, 0.29) is 5.82 Å². The number of thioether (sulfide) groups is 1. The van der Waals surface area contributed by atoms with Crippen LogP contribution in [0.5, 0.6) is 0 Å². The molecular weight excluding hydrogens is 161 g/mol. The van der Waals surface area contributed by atoms with E-state index in [0.717, 1.165) is 4.90 Å². The molecule has 0 aliphatic carbocycles. The molecule has 0 fully saturated rings. The van der Waals surface area contributed by atoms with E-state index < -0.39 is 0 Å². The number of hydrogen-bond acceptors (Lipinski definition) is 2. The first-order valence-corrected chi connectivity index (χ1v) is 4.24. The van der Waals surface area contributed by atoms with E-state index in [0.29, 0.717) is 5.56 Å². The fourth-order valence-electron chi connectivity index (χ4n) is 0.768. The molecule has 1 rings (SSSR count).